The number of hydrogen-bond donors (Lipinski definition) is 1. The van der Waals surface area contributed by atoms with Crippen molar-refractivity contribution in [3.8, 4) is 5.75 Å². The van der Waals surface area contributed by atoms with Gasteiger partial charge in [-0.15, -0.1) is 0 Å². The minimum atomic E-state index is -0.444. The highest BCUT2D eigenvalue weighted by molar-refractivity contribution is 5.35. The van der Waals surface area contributed by atoms with Crippen LogP contribution in [0.5, 0.6) is 5.75 Å². The number of aliphatic hydroxyl groups excluding tert-OH is 1. The van der Waals surface area contributed by atoms with Crippen molar-refractivity contribution in [3.05, 3.63) is 29.3 Å². The smallest absolute Gasteiger partial charge is 0.122 e. The monoisotopic (exact) mass is 306 g/mol. The summed E-state index contributed by atoms with van der Waals surface area (Å²) in [5.74, 6) is 0.879. The van der Waals surface area contributed by atoms with Crippen LogP contribution >= 0.6 is 0 Å². The predicted octanol–water partition coefficient (Wildman–Crippen LogP) is 2.07. The first kappa shape index (κ1) is 17.3. The molecular formula is C18H30N2O2. The molecule has 1 aromatic carbocycles. The van der Waals surface area contributed by atoms with Gasteiger partial charge in [-0.1, -0.05) is 12.1 Å². The molecule has 1 aliphatic heterocycles. The molecule has 124 valence electrons. The van der Waals surface area contributed by atoms with Gasteiger partial charge in [0, 0.05) is 19.1 Å². The van der Waals surface area contributed by atoms with E-state index < -0.39 is 6.10 Å². The second-order valence-electron chi connectivity index (χ2n) is 6.75. The van der Waals surface area contributed by atoms with Crippen molar-refractivity contribution in [3.63, 3.8) is 0 Å². The molecule has 0 spiro atoms. The van der Waals surface area contributed by atoms with E-state index in [1.165, 1.54) is 18.4 Å². The molecule has 4 nitrogen and oxygen atoms in total. The number of β-amino-alcohol motifs (C(OH)–C–C–N with tert-alkyl or cyclic N) is 1. The molecule has 22 heavy (non-hydrogen) atoms. The molecule has 1 saturated heterocycles. The van der Waals surface area contributed by atoms with Gasteiger partial charge in [0.2, 0.25) is 0 Å². The van der Waals surface area contributed by atoms with Gasteiger partial charge < -0.3 is 14.7 Å². The molecule has 1 aromatic rings. The Morgan fingerprint density at radius 1 is 1.36 bits per heavy atom. The lowest BCUT2D eigenvalue weighted by Gasteiger charge is -2.36. The number of piperidine rings is 1. The minimum Gasteiger partial charge on any atom is -0.491 e. The van der Waals surface area contributed by atoms with E-state index in [1.54, 1.807) is 0 Å². The maximum atomic E-state index is 10.3. The third-order valence-corrected chi connectivity index (χ3v) is 4.45. The zero-order valence-electron chi connectivity index (χ0n) is 14.4. The van der Waals surface area contributed by atoms with Gasteiger partial charge in [0.1, 0.15) is 18.5 Å². The molecule has 1 N–H and O–H groups in total. The van der Waals surface area contributed by atoms with Crippen LogP contribution in [0.15, 0.2) is 18.2 Å². The zero-order chi connectivity index (χ0) is 16.1. The van der Waals surface area contributed by atoms with Crippen molar-refractivity contribution in [2.45, 2.75) is 38.8 Å². The predicted molar refractivity (Wildman–Crippen MR) is 90.6 cm³/mol. The number of rotatable bonds is 6. The normalized spacial score (nSPS) is 21.1. The number of likely N-dealkylation sites (tertiary alicyclic amines) is 1. The Labute approximate surface area is 134 Å². The average Bonchev–Trinajstić information content (AvgIpc) is 2.48. The zero-order valence-corrected chi connectivity index (χ0v) is 14.4. The average molecular weight is 306 g/mol. The van der Waals surface area contributed by atoms with Gasteiger partial charge in [0.05, 0.1) is 0 Å². The lowest BCUT2D eigenvalue weighted by Crippen LogP contribution is -2.48. The molecule has 4 heteroatoms. The van der Waals surface area contributed by atoms with Gasteiger partial charge in [-0.2, -0.15) is 0 Å². The minimum absolute atomic E-state index is 0.355. The van der Waals surface area contributed by atoms with Crippen LogP contribution in [-0.4, -0.2) is 67.4 Å². The highest BCUT2D eigenvalue weighted by Crippen LogP contribution is 2.19. The third kappa shape index (κ3) is 4.97. The molecule has 0 bridgehead atoms. The van der Waals surface area contributed by atoms with Crippen LogP contribution in [0.25, 0.3) is 0 Å². The largest absolute Gasteiger partial charge is 0.491 e. The molecule has 0 aliphatic carbocycles. The fourth-order valence-electron chi connectivity index (χ4n) is 3.02. The molecule has 0 radical (unpaired) electrons. The summed E-state index contributed by atoms with van der Waals surface area (Å²) >= 11 is 0. The van der Waals surface area contributed by atoms with E-state index in [2.05, 4.69) is 43.0 Å². The highest BCUT2D eigenvalue weighted by atomic mass is 16.5. The maximum absolute atomic E-state index is 10.3. The van der Waals surface area contributed by atoms with Crippen LogP contribution in [0.2, 0.25) is 0 Å². The van der Waals surface area contributed by atoms with E-state index in [4.69, 9.17) is 4.74 Å². The molecule has 1 fully saturated rings. The lowest BCUT2D eigenvalue weighted by molar-refractivity contribution is 0.0454. The second kappa shape index (κ2) is 7.95. The summed E-state index contributed by atoms with van der Waals surface area (Å²) < 4.78 is 5.81. The summed E-state index contributed by atoms with van der Waals surface area (Å²) in [6.45, 7) is 7.24. The van der Waals surface area contributed by atoms with Gasteiger partial charge in [-0.05, 0) is 64.5 Å². The van der Waals surface area contributed by atoms with Gasteiger partial charge in [0.15, 0.2) is 0 Å². The standard InChI is InChI=1S/C18H30N2O2/c1-14-7-8-15(2)18(10-14)22-13-17(21)12-20-9-5-6-16(11-20)19(3)4/h7-8,10,16-17,21H,5-6,9,11-13H2,1-4H3. The summed E-state index contributed by atoms with van der Waals surface area (Å²) in [6.07, 6.45) is 2.01. The van der Waals surface area contributed by atoms with Crippen molar-refractivity contribution in [2.24, 2.45) is 0 Å². The number of ether oxygens (including phenoxy) is 1. The van der Waals surface area contributed by atoms with Crippen LogP contribution < -0.4 is 4.74 Å². The van der Waals surface area contributed by atoms with Crippen LogP contribution in [0.1, 0.15) is 24.0 Å². The Morgan fingerprint density at radius 3 is 2.86 bits per heavy atom. The molecule has 0 aromatic heterocycles. The summed E-state index contributed by atoms with van der Waals surface area (Å²) in [5.41, 5.74) is 2.29. The molecular weight excluding hydrogens is 276 g/mol. The van der Waals surface area contributed by atoms with Crippen molar-refractivity contribution in [1.29, 1.82) is 0 Å². The number of aryl methyl sites for hydroxylation is 2. The fourth-order valence-corrected chi connectivity index (χ4v) is 3.02. The van der Waals surface area contributed by atoms with Gasteiger partial charge in [0.25, 0.3) is 0 Å². The van der Waals surface area contributed by atoms with Gasteiger partial charge >= 0.3 is 0 Å². The Hall–Kier alpha value is -1.10. The van der Waals surface area contributed by atoms with E-state index in [0.717, 1.165) is 24.4 Å². The number of hydrogen-bond acceptors (Lipinski definition) is 4. The number of likely N-dealkylation sites (N-methyl/N-ethyl adjacent to an activating group) is 1. The first-order valence-corrected chi connectivity index (χ1v) is 8.22. The molecule has 1 aliphatic rings. The highest BCUT2D eigenvalue weighted by Gasteiger charge is 2.23. The topological polar surface area (TPSA) is 35.9 Å². The summed E-state index contributed by atoms with van der Waals surface area (Å²) in [6, 6.07) is 6.77. The van der Waals surface area contributed by atoms with E-state index in [0.29, 0.717) is 19.2 Å². The molecule has 0 amide bonds. The Bertz CT molecular complexity index is 476. The van der Waals surface area contributed by atoms with E-state index in [1.807, 2.05) is 13.0 Å². The van der Waals surface area contributed by atoms with Crippen LogP contribution in [0.3, 0.4) is 0 Å². The van der Waals surface area contributed by atoms with Gasteiger partial charge in [-0.25, -0.2) is 0 Å². The third-order valence-electron chi connectivity index (χ3n) is 4.45. The molecule has 1 heterocycles. The van der Waals surface area contributed by atoms with E-state index in [-0.39, 0.29) is 0 Å². The van der Waals surface area contributed by atoms with Crippen LogP contribution in [0.4, 0.5) is 0 Å². The maximum Gasteiger partial charge on any atom is 0.122 e. The Kier molecular flexibility index (Phi) is 6.24. The fraction of sp³-hybridized carbons (Fsp3) is 0.667. The molecule has 2 unspecified atom stereocenters. The van der Waals surface area contributed by atoms with Crippen LogP contribution in [0, 0.1) is 13.8 Å². The van der Waals surface area contributed by atoms with Crippen molar-refractivity contribution in [2.75, 3.05) is 40.3 Å². The summed E-state index contributed by atoms with van der Waals surface area (Å²) in [7, 11) is 4.27. The first-order valence-electron chi connectivity index (χ1n) is 8.22. The SMILES string of the molecule is Cc1ccc(C)c(OCC(O)CN2CCCC(N(C)C)C2)c1. The quantitative estimate of drug-likeness (QED) is 0.873. The number of nitrogens with zero attached hydrogens (tertiary/aromatic N) is 2. The molecule has 2 rings (SSSR count). The van der Waals surface area contributed by atoms with Gasteiger partial charge in [-0.3, -0.25) is 4.90 Å². The lowest BCUT2D eigenvalue weighted by atomic mass is 10.0. The Balaban J connectivity index is 1.80. The first-order chi connectivity index (χ1) is 10.5. The summed E-state index contributed by atoms with van der Waals surface area (Å²) in [5, 5.41) is 10.3. The van der Waals surface area contributed by atoms with E-state index >= 15 is 0 Å². The second-order valence-corrected chi connectivity index (χ2v) is 6.75. The van der Waals surface area contributed by atoms with Crippen molar-refractivity contribution >= 4 is 0 Å². The van der Waals surface area contributed by atoms with E-state index in [9.17, 15) is 5.11 Å². The number of benzene rings is 1. The number of aliphatic hydroxyl groups is 1. The molecule has 2 atom stereocenters. The van der Waals surface area contributed by atoms with Crippen molar-refractivity contribution in [1.82, 2.24) is 9.80 Å². The Morgan fingerprint density at radius 2 is 2.14 bits per heavy atom. The summed E-state index contributed by atoms with van der Waals surface area (Å²) in [4.78, 5) is 4.64. The molecule has 0 saturated carbocycles. The van der Waals surface area contributed by atoms with Crippen molar-refractivity contribution < 1.29 is 9.84 Å². The van der Waals surface area contributed by atoms with Crippen LogP contribution in [-0.2, 0) is 0 Å².